The van der Waals surface area contributed by atoms with Crippen molar-refractivity contribution < 1.29 is 9.53 Å². The third-order valence-corrected chi connectivity index (χ3v) is 4.43. The Labute approximate surface area is 154 Å². The van der Waals surface area contributed by atoms with E-state index >= 15 is 0 Å². The number of ether oxygens (including phenoxy) is 1. The molecule has 5 heteroatoms. The highest BCUT2D eigenvalue weighted by Crippen LogP contribution is 2.22. The summed E-state index contributed by atoms with van der Waals surface area (Å²) < 4.78 is 6.17. The number of nitrogens with zero attached hydrogens (tertiary/aromatic N) is 1. The lowest BCUT2D eigenvalue weighted by Gasteiger charge is -2.06. The molecule has 1 N–H and O–H groups in total. The van der Waals surface area contributed by atoms with Crippen molar-refractivity contribution in [2.75, 3.05) is 7.11 Å². The normalized spacial score (nSPS) is 11.4. The first-order valence-corrected chi connectivity index (χ1v) is 8.54. The van der Waals surface area contributed by atoms with Crippen LogP contribution in [0.4, 0.5) is 0 Å². The number of halogens is 1. The Bertz CT molecular complexity index is 950. The summed E-state index contributed by atoms with van der Waals surface area (Å²) in [5, 5.41) is 6.40. The first-order chi connectivity index (χ1) is 12.1. The number of carbonyl (C=O) groups excluding carboxylic acids is 1. The minimum Gasteiger partial charge on any atom is -0.497 e. The highest BCUT2D eigenvalue weighted by Gasteiger charge is 2.05. The zero-order valence-electron chi connectivity index (χ0n) is 13.9. The molecular formula is C20H17BrN2O2. The molecule has 126 valence electrons. The topological polar surface area (TPSA) is 50.7 Å². The molecule has 0 radical (unpaired) electrons. The van der Waals surface area contributed by atoms with Crippen LogP contribution in [0.25, 0.3) is 10.8 Å². The number of rotatable bonds is 4. The minimum atomic E-state index is -0.239. The molecule has 0 saturated heterocycles. The molecule has 3 rings (SSSR count). The Morgan fingerprint density at radius 2 is 1.60 bits per heavy atom. The van der Waals surface area contributed by atoms with Gasteiger partial charge in [0.15, 0.2) is 0 Å². The zero-order chi connectivity index (χ0) is 17.8. The van der Waals surface area contributed by atoms with Gasteiger partial charge in [0.05, 0.1) is 12.8 Å². The van der Waals surface area contributed by atoms with Gasteiger partial charge < -0.3 is 4.74 Å². The van der Waals surface area contributed by atoms with Gasteiger partial charge in [0.25, 0.3) is 5.91 Å². The van der Waals surface area contributed by atoms with Crippen LogP contribution in [-0.2, 0) is 0 Å². The number of fused-ring (bicyclic) bond motifs is 1. The van der Waals surface area contributed by atoms with Crippen molar-refractivity contribution >= 4 is 38.3 Å². The maximum Gasteiger partial charge on any atom is 0.271 e. The molecule has 0 fully saturated rings. The summed E-state index contributed by atoms with van der Waals surface area (Å²) in [7, 11) is 1.65. The number of methoxy groups -OCH3 is 1. The fourth-order valence-corrected chi connectivity index (χ4v) is 2.71. The Kier molecular flexibility index (Phi) is 5.14. The quantitative estimate of drug-likeness (QED) is 0.510. The largest absolute Gasteiger partial charge is 0.497 e. The SMILES string of the molecule is COc1ccc2cc(C(C)=NNC(=O)c3ccc(Br)cc3)ccc2c1. The molecule has 25 heavy (non-hydrogen) atoms. The van der Waals surface area contributed by atoms with E-state index in [1.54, 1.807) is 19.2 Å². The van der Waals surface area contributed by atoms with Crippen molar-refractivity contribution in [3.63, 3.8) is 0 Å². The van der Waals surface area contributed by atoms with E-state index in [9.17, 15) is 4.79 Å². The second-order valence-corrected chi connectivity index (χ2v) is 6.49. The van der Waals surface area contributed by atoms with Crippen molar-refractivity contribution in [3.05, 3.63) is 76.3 Å². The maximum absolute atomic E-state index is 12.1. The van der Waals surface area contributed by atoms with Crippen LogP contribution < -0.4 is 10.2 Å². The monoisotopic (exact) mass is 396 g/mol. The molecule has 0 aliphatic carbocycles. The summed E-state index contributed by atoms with van der Waals surface area (Å²) in [4.78, 5) is 12.1. The molecule has 3 aromatic carbocycles. The van der Waals surface area contributed by atoms with E-state index in [2.05, 4.69) is 26.5 Å². The smallest absolute Gasteiger partial charge is 0.271 e. The number of hydrogen-bond acceptors (Lipinski definition) is 3. The van der Waals surface area contributed by atoms with E-state index in [0.29, 0.717) is 5.56 Å². The van der Waals surface area contributed by atoms with Gasteiger partial charge in [0.1, 0.15) is 5.75 Å². The fourth-order valence-electron chi connectivity index (χ4n) is 2.44. The molecule has 1 amide bonds. The molecule has 0 heterocycles. The van der Waals surface area contributed by atoms with Gasteiger partial charge in [0, 0.05) is 10.0 Å². The van der Waals surface area contributed by atoms with Gasteiger partial charge >= 0.3 is 0 Å². The molecule has 0 aliphatic heterocycles. The van der Waals surface area contributed by atoms with Gasteiger partial charge in [-0.15, -0.1) is 0 Å². The molecule has 0 atom stereocenters. The highest BCUT2D eigenvalue weighted by atomic mass is 79.9. The predicted molar refractivity (Wildman–Crippen MR) is 104 cm³/mol. The van der Waals surface area contributed by atoms with Crippen LogP contribution >= 0.6 is 15.9 Å². The maximum atomic E-state index is 12.1. The van der Waals surface area contributed by atoms with Gasteiger partial charge in [0.2, 0.25) is 0 Å². The zero-order valence-corrected chi connectivity index (χ0v) is 15.5. The summed E-state index contributed by atoms with van der Waals surface area (Å²) in [5.41, 5.74) is 4.85. The number of nitrogens with one attached hydrogen (secondary N) is 1. The summed E-state index contributed by atoms with van der Waals surface area (Å²) in [6, 6.07) is 19.1. The Hall–Kier alpha value is -2.66. The van der Waals surface area contributed by atoms with Gasteiger partial charge in [-0.05, 0) is 65.7 Å². The summed E-state index contributed by atoms with van der Waals surface area (Å²) in [5.74, 6) is 0.588. The number of hydrazone groups is 1. The molecule has 0 spiro atoms. The van der Waals surface area contributed by atoms with Gasteiger partial charge in [-0.2, -0.15) is 5.10 Å². The molecule has 0 bridgehead atoms. The van der Waals surface area contributed by atoms with E-state index in [1.165, 1.54) is 0 Å². The minimum absolute atomic E-state index is 0.239. The van der Waals surface area contributed by atoms with Gasteiger partial charge in [-0.3, -0.25) is 4.79 Å². The van der Waals surface area contributed by atoms with E-state index in [1.807, 2.05) is 55.5 Å². The average molecular weight is 397 g/mol. The van der Waals surface area contributed by atoms with E-state index in [-0.39, 0.29) is 5.91 Å². The number of amides is 1. The third-order valence-electron chi connectivity index (χ3n) is 3.90. The van der Waals surface area contributed by atoms with Crippen molar-refractivity contribution in [1.82, 2.24) is 5.43 Å². The van der Waals surface area contributed by atoms with E-state index in [4.69, 9.17) is 4.74 Å². The number of benzene rings is 3. The molecule has 0 unspecified atom stereocenters. The molecule has 0 saturated carbocycles. The second kappa shape index (κ2) is 7.49. The number of hydrogen-bond donors (Lipinski definition) is 1. The molecule has 3 aromatic rings. The van der Waals surface area contributed by atoms with Crippen LogP contribution in [0.5, 0.6) is 5.75 Å². The van der Waals surface area contributed by atoms with Crippen LogP contribution in [0.1, 0.15) is 22.8 Å². The molecule has 4 nitrogen and oxygen atoms in total. The van der Waals surface area contributed by atoms with Gasteiger partial charge in [-0.1, -0.05) is 34.1 Å². The lowest BCUT2D eigenvalue weighted by atomic mass is 10.0. The summed E-state index contributed by atoms with van der Waals surface area (Å²) in [6.07, 6.45) is 0. The second-order valence-electron chi connectivity index (χ2n) is 5.57. The Morgan fingerprint density at radius 1 is 0.960 bits per heavy atom. The van der Waals surface area contributed by atoms with Crippen LogP contribution in [-0.4, -0.2) is 18.7 Å². The average Bonchev–Trinajstić information content (AvgIpc) is 2.65. The first-order valence-electron chi connectivity index (χ1n) is 7.75. The van der Waals surface area contributed by atoms with Crippen LogP contribution in [0.3, 0.4) is 0 Å². The molecule has 0 aliphatic rings. The van der Waals surface area contributed by atoms with Crippen LogP contribution in [0, 0.1) is 0 Å². The molecular weight excluding hydrogens is 380 g/mol. The van der Waals surface area contributed by atoms with Crippen molar-refractivity contribution in [1.29, 1.82) is 0 Å². The summed E-state index contributed by atoms with van der Waals surface area (Å²) in [6.45, 7) is 1.87. The standard InChI is InChI=1S/C20H17BrN2O2/c1-13(22-23-20(24)14-5-8-18(21)9-6-14)15-3-4-17-12-19(25-2)10-7-16(17)11-15/h3-12H,1-2H3,(H,23,24). The van der Waals surface area contributed by atoms with E-state index < -0.39 is 0 Å². The van der Waals surface area contributed by atoms with Crippen molar-refractivity contribution in [2.24, 2.45) is 5.10 Å². The first kappa shape index (κ1) is 17.2. The fraction of sp³-hybridized carbons (Fsp3) is 0.100. The van der Waals surface area contributed by atoms with Crippen LogP contribution in [0.2, 0.25) is 0 Å². The number of carbonyl (C=O) groups is 1. The Balaban J connectivity index is 1.78. The Morgan fingerprint density at radius 3 is 2.32 bits per heavy atom. The highest BCUT2D eigenvalue weighted by molar-refractivity contribution is 9.10. The molecule has 0 aromatic heterocycles. The van der Waals surface area contributed by atoms with Gasteiger partial charge in [-0.25, -0.2) is 5.43 Å². The van der Waals surface area contributed by atoms with Crippen LogP contribution in [0.15, 0.2) is 70.2 Å². The van der Waals surface area contributed by atoms with E-state index in [0.717, 1.165) is 32.3 Å². The van der Waals surface area contributed by atoms with Crippen molar-refractivity contribution in [3.8, 4) is 5.75 Å². The van der Waals surface area contributed by atoms with Crippen molar-refractivity contribution in [2.45, 2.75) is 6.92 Å². The summed E-state index contributed by atoms with van der Waals surface area (Å²) >= 11 is 3.35. The lowest BCUT2D eigenvalue weighted by molar-refractivity contribution is 0.0955. The predicted octanol–water partition coefficient (Wildman–Crippen LogP) is 4.76. The third kappa shape index (κ3) is 4.06. The lowest BCUT2D eigenvalue weighted by Crippen LogP contribution is -2.19.